The number of Topliss-reactive ketones (excluding diaryl/α,β-unsaturated/α-hetero) is 1. The number of rotatable bonds is 3. The number of hydrogen-bond donors (Lipinski definition) is 1. The average molecular weight is 180 g/mol. The Morgan fingerprint density at radius 2 is 2.15 bits per heavy atom. The van der Waals surface area contributed by atoms with Crippen molar-refractivity contribution in [2.24, 2.45) is 11.8 Å². The Bertz CT molecular complexity index is 262. The van der Waals surface area contributed by atoms with E-state index in [1.54, 1.807) is 0 Å². The molecule has 0 radical (unpaired) electrons. The SMILES string of the molecule is C#CCC1CCC(CC(=O)O)C1=O. The number of hydrogen-bond acceptors (Lipinski definition) is 2. The van der Waals surface area contributed by atoms with Crippen LogP contribution in [0.25, 0.3) is 0 Å². The molecule has 0 aromatic heterocycles. The van der Waals surface area contributed by atoms with Crippen LogP contribution in [0.15, 0.2) is 0 Å². The molecule has 1 rings (SSSR count). The van der Waals surface area contributed by atoms with Gasteiger partial charge in [0.2, 0.25) is 0 Å². The maximum Gasteiger partial charge on any atom is 0.304 e. The Kier molecular flexibility index (Phi) is 3.07. The van der Waals surface area contributed by atoms with E-state index < -0.39 is 5.97 Å². The van der Waals surface area contributed by atoms with E-state index in [1.807, 2.05) is 0 Å². The number of ketones is 1. The third-order valence-electron chi connectivity index (χ3n) is 2.45. The van der Waals surface area contributed by atoms with Crippen LogP contribution in [0.4, 0.5) is 0 Å². The quantitative estimate of drug-likeness (QED) is 0.661. The second kappa shape index (κ2) is 4.08. The van der Waals surface area contributed by atoms with Gasteiger partial charge in [-0.05, 0) is 12.8 Å². The molecule has 1 aliphatic rings. The second-order valence-electron chi connectivity index (χ2n) is 3.38. The van der Waals surface area contributed by atoms with Gasteiger partial charge in [0.15, 0.2) is 0 Å². The lowest BCUT2D eigenvalue weighted by Gasteiger charge is -2.05. The molecule has 0 heterocycles. The van der Waals surface area contributed by atoms with E-state index in [0.717, 1.165) is 6.42 Å². The van der Waals surface area contributed by atoms with Gasteiger partial charge in [0.25, 0.3) is 0 Å². The first-order valence-corrected chi connectivity index (χ1v) is 4.34. The zero-order valence-electron chi connectivity index (χ0n) is 7.32. The van der Waals surface area contributed by atoms with Gasteiger partial charge >= 0.3 is 5.97 Å². The molecule has 70 valence electrons. The van der Waals surface area contributed by atoms with E-state index in [9.17, 15) is 9.59 Å². The summed E-state index contributed by atoms with van der Waals surface area (Å²) in [6.45, 7) is 0. The Balaban J connectivity index is 2.51. The van der Waals surface area contributed by atoms with Gasteiger partial charge in [0.05, 0.1) is 6.42 Å². The summed E-state index contributed by atoms with van der Waals surface area (Å²) in [6.07, 6.45) is 6.94. The predicted octanol–water partition coefficient (Wildman–Crippen LogP) is 1.08. The summed E-state index contributed by atoms with van der Waals surface area (Å²) < 4.78 is 0. The minimum absolute atomic E-state index is 0.0418. The molecule has 1 saturated carbocycles. The van der Waals surface area contributed by atoms with Crippen molar-refractivity contribution >= 4 is 11.8 Å². The van der Waals surface area contributed by atoms with Gasteiger partial charge in [-0.3, -0.25) is 9.59 Å². The van der Waals surface area contributed by atoms with Crippen molar-refractivity contribution in [2.75, 3.05) is 0 Å². The van der Waals surface area contributed by atoms with Gasteiger partial charge in [0, 0.05) is 18.3 Å². The van der Waals surface area contributed by atoms with Crippen molar-refractivity contribution in [3.63, 3.8) is 0 Å². The molecule has 0 bridgehead atoms. The van der Waals surface area contributed by atoms with E-state index in [4.69, 9.17) is 11.5 Å². The van der Waals surface area contributed by atoms with Crippen LogP contribution < -0.4 is 0 Å². The fourth-order valence-corrected chi connectivity index (χ4v) is 1.78. The van der Waals surface area contributed by atoms with Crippen molar-refractivity contribution in [3.05, 3.63) is 0 Å². The third kappa shape index (κ3) is 2.32. The van der Waals surface area contributed by atoms with E-state index in [0.29, 0.717) is 12.8 Å². The van der Waals surface area contributed by atoms with Crippen molar-refractivity contribution < 1.29 is 14.7 Å². The van der Waals surface area contributed by atoms with Crippen LogP contribution in [0.3, 0.4) is 0 Å². The molecule has 0 spiro atoms. The van der Waals surface area contributed by atoms with Gasteiger partial charge < -0.3 is 5.11 Å². The molecule has 3 heteroatoms. The second-order valence-corrected chi connectivity index (χ2v) is 3.38. The Labute approximate surface area is 77.1 Å². The first-order valence-electron chi connectivity index (χ1n) is 4.34. The maximum absolute atomic E-state index is 11.5. The molecular weight excluding hydrogens is 168 g/mol. The molecule has 2 atom stereocenters. The Morgan fingerprint density at radius 1 is 1.54 bits per heavy atom. The summed E-state index contributed by atoms with van der Waals surface area (Å²) in [5, 5.41) is 8.52. The largest absolute Gasteiger partial charge is 0.481 e. The van der Waals surface area contributed by atoms with Gasteiger partial charge in [0.1, 0.15) is 5.78 Å². The zero-order chi connectivity index (χ0) is 9.84. The van der Waals surface area contributed by atoms with Crippen molar-refractivity contribution in [1.29, 1.82) is 0 Å². The standard InChI is InChI=1S/C10H12O3/c1-2-3-7-4-5-8(10(7)13)6-9(11)12/h1,7-8H,3-6H2,(H,11,12). The summed E-state index contributed by atoms with van der Waals surface area (Å²) in [4.78, 5) is 21.8. The normalized spacial score (nSPS) is 27.2. The number of aliphatic carboxylic acids is 1. The predicted molar refractivity (Wildman–Crippen MR) is 46.9 cm³/mol. The molecule has 1 aliphatic carbocycles. The fraction of sp³-hybridized carbons (Fsp3) is 0.600. The van der Waals surface area contributed by atoms with Gasteiger partial charge in [-0.2, -0.15) is 0 Å². The summed E-state index contributed by atoms with van der Waals surface area (Å²) in [5.41, 5.74) is 0. The number of carbonyl (C=O) groups is 2. The molecule has 0 saturated heterocycles. The molecule has 0 aromatic rings. The molecule has 0 aromatic carbocycles. The lowest BCUT2D eigenvalue weighted by molar-refractivity contribution is -0.140. The van der Waals surface area contributed by atoms with Crippen molar-refractivity contribution in [1.82, 2.24) is 0 Å². The van der Waals surface area contributed by atoms with Crippen LogP contribution in [0.2, 0.25) is 0 Å². The zero-order valence-corrected chi connectivity index (χ0v) is 7.32. The Morgan fingerprint density at radius 3 is 2.69 bits per heavy atom. The van der Waals surface area contributed by atoms with Crippen LogP contribution in [-0.4, -0.2) is 16.9 Å². The minimum Gasteiger partial charge on any atom is -0.481 e. The lowest BCUT2D eigenvalue weighted by atomic mass is 9.98. The van der Waals surface area contributed by atoms with E-state index >= 15 is 0 Å². The van der Waals surface area contributed by atoms with E-state index in [1.165, 1.54) is 0 Å². The fourth-order valence-electron chi connectivity index (χ4n) is 1.78. The van der Waals surface area contributed by atoms with Crippen molar-refractivity contribution in [2.45, 2.75) is 25.7 Å². The van der Waals surface area contributed by atoms with Crippen LogP contribution in [0.1, 0.15) is 25.7 Å². The number of terminal acetylenes is 1. The first kappa shape index (κ1) is 9.79. The molecule has 1 fully saturated rings. The van der Waals surface area contributed by atoms with Crippen molar-refractivity contribution in [3.8, 4) is 12.3 Å². The molecule has 0 aliphatic heterocycles. The highest BCUT2D eigenvalue weighted by molar-refractivity contribution is 5.88. The van der Waals surface area contributed by atoms with E-state index in [2.05, 4.69) is 5.92 Å². The third-order valence-corrected chi connectivity index (χ3v) is 2.45. The number of carboxylic acid groups (broad SMARTS) is 1. The highest BCUT2D eigenvalue weighted by atomic mass is 16.4. The van der Waals surface area contributed by atoms with Gasteiger partial charge in [-0.1, -0.05) is 0 Å². The summed E-state index contributed by atoms with van der Waals surface area (Å²) in [7, 11) is 0. The lowest BCUT2D eigenvalue weighted by Crippen LogP contribution is -2.16. The number of carbonyl (C=O) groups excluding carboxylic acids is 1. The van der Waals surface area contributed by atoms with Gasteiger partial charge in [-0.25, -0.2) is 0 Å². The van der Waals surface area contributed by atoms with Crippen LogP contribution in [0, 0.1) is 24.2 Å². The highest BCUT2D eigenvalue weighted by Crippen LogP contribution is 2.31. The smallest absolute Gasteiger partial charge is 0.304 e. The summed E-state index contributed by atoms with van der Waals surface area (Å²) >= 11 is 0. The average Bonchev–Trinajstić information content (AvgIpc) is 2.36. The molecule has 3 nitrogen and oxygen atoms in total. The molecular formula is C10H12O3. The molecule has 0 amide bonds. The molecule has 1 N–H and O–H groups in total. The molecule has 2 unspecified atom stereocenters. The van der Waals surface area contributed by atoms with Crippen LogP contribution in [-0.2, 0) is 9.59 Å². The highest BCUT2D eigenvalue weighted by Gasteiger charge is 2.34. The summed E-state index contributed by atoms with van der Waals surface area (Å²) in [5.74, 6) is 1.20. The Hall–Kier alpha value is -1.30. The number of carboxylic acids is 1. The maximum atomic E-state index is 11.5. The minimum atomic E-state index is -0.903. The monoisotopic (exact) mass is 180 g/mol. The topological polar surface area (TPSA) is 54.4 Å². The van der Waals surface area contributed by atoms with Gasteiger partial charge in [-0.15, -0.1) is 12.3 Å². The summed E-state index contributed by atoms with van der Waals surface area (Å²) in [6, 6.07) is 0. The van der Waals surface area contributed by atoms with Crippen LogP contribution >= 0.6 is 0 Å². The van der Waals surface area contributed by atoms with Crippen LogP contribution in [0.5, 0.6) is 0 Å². The first-order chi connectivity index (χ1) is 6.15. The van der Waals surface area contributed by atoms with E-state index in [-0.39, 0.29) is 24.0 Å². The molecule has 13 heavy (non-hydrogen) atoms.